The van der Waals surface area contributed by atoms with Crippen molar-refractivity contribution in [3.8, 4) is 0 Å². The van der Waals surface area contributed by atoms with Crippen LogP contribution in [0.5, 0.6) is 0 Å². The molecule has 3 aliphatic rings. The maximum absolute atomic E-state index is 11.8. The van der Waals surface area contributed by atoms with Crippen molar-refractivity contribution in [2.75, 3.05) is 32.8 Å². The molecule has 5 heteroatoms. The number of nitrogens with zero attached hydrogens (tertiary/aromatic N) is 1. The highest BCUT2D eigenvalue weighted by molar-refractivity contribution is 5.74. The molecule has 0 spiro atoms. The van der Waals surface area contributed by atoms with Crippen molar-refractivity contribution < 1.29 is 9.53 Å². The molecule has 1 saturated carbocycles. The summed E-state index contributed by atoms with van der Waals surface area (Å²) < 4.78 is 5.49. The molecule has 0 aromatic carbocycles. The van der Waals surface area contributed by atoms with Crippen molar-refractivity contribution in [1.29, 1.82) is 0 Å². The van der Waals surface area contributed by atoms with Crippen LogP contribution in [0.4, 0.5) is 4.79 Å². The molecule has 2 atom stereocenters. The highest BCUT2D eigenvalue weighted by Crippen LogP contribution is 2.30. The van der Waals surface area contributed by atoms with E-state index in [0.717, 1.165) is 44.9 Å². The number of nitrogens with one attached hydrogen (secondary N) is 2. The van der Waals surface area contributed by atoms with Gasteiger partial charge in [0, 0.05) is 38.8 Å². The van der Waals surface area contributed by atoms with Gasteiger partial charge in [0.2, 0.25) is 0 Å². The third kappa shape index (κ3) is 4.08. The lowest BCUT2D eigenvalue weighted by Crippen LogP contribution is -2.45. The zero-order valence-electron chi connectivity index (χ0n) is 11.6. The normalized spacial score (nSPS) is 31.6. The van der Waals surface area contributed by atoms with E-state index >= 15 is 0 Å². The Bertz CT molecular complexity index is 314. The van der Waals surface area contributed by atoms with Crippen LogP contribution >= 0.6 is 0 Å². The first-order valence-electron chi connectivity index (χ1n) is 7.68. The predicted molar refractivity (Wildman–Crippen MR) is 73.1 cm³/mol. The average molecular weight is 267 g/mol. The van der Waals surface area contributed by atoms with Crippen LogP contribution in [0.25, 0.3) is 0 Å². The zero-order chi connectivity index (χ0) is 13.1. The number of likely N-dealkylation sites (tertiary alicyclic amines) is 1. The van der Waals surface area contributed by atoms with Crippen LogP contribution in [0, 0.1) is 5.92 Å². The van der Waals surface area contributed by atoms with Crippen molar-refractivity contribution in [3.05, 3.63) is 0 Å². The Labute approximate surface area is 115 Å². The lowest BCUT2D eigenvalue weighted by Gasteiger charge is -2.17. The van der Waals surface area contributed by atoms with E-state index in [2.05, 4.69) is 15.5 Å². The molecule has 0 bridgehead atoms. The summed E-state index contributed by atoms with van der Waals surface area (Å²) in [5.41, 5.74) is 0. The van der Waals surface area contributed by atoms with Gasteiger partial charge in [-0.05, 0) is 38.0 Å². The quantitative estimate of drug-likeness (QED) is 0.780. The molecule has 0 radical (unpaired) electrons. The molecule has 2 amide bonds. The van der Waals surface area contributed by atoms with Crippen molar-refractivity contribution in [2.45, 2.75) is 44.2 Å². The standard InChI is InChI=1S/C14H25N3O2/c18-14(15-8-13-2-1-7-19-13)16-12-5-6-17(10-12)9-11-3-4-11/h11-13H,1-10H2,(H2,15,16,18)/t12-,13-/m1/s1. The Hall–Kier alpha value is -0.810. The van der Waals surface area contributed by atoms with Crippen LogP contribution in [-0.2, 0) is 4.74 Å². The second kappa shape index (κ2) is 6.09. The Kier molecular flexibility index (Phi) is 4.23. The summed E-state index contributed by atoms with van der Waals surface area (Å²) in [5.74, 6) is 0.937. The third-order valence-corrected chi connectivity index (χ3v) is 4.34. The van der Waals surface area contributed by atoms with Crippen molar-refractivity contribution in [1.82, 2.24) is 15.5 Å². The average Bonchev–Trinajstić information content (AvgIpc) is 2.90. The minimum Gasteiger partial charge on any atom is -0.376 e. The fourth-order valence-electron chi connectivity index (χ4n) is 3.03. The highest BCUT2D eigenvalue weighted by Gasteiger charge is 2.29. The van der Waals surface area contributed by atoms with Gasteiger partial charge in [-0.3, -0.25) is 0 Å². The van der Waals surface area contributed by atoms with E-state index in [1.54, 1.807) is 0 Å². The lowest BCUT2D eigenvalue weighted by atomic mass is 10.2. The van der Waals surface area contributed by atoms with Crippen LogP contribution in [0.1, 0.15) is 32.1 Å². The van der Waals surface area contributed by atoms with Crippen molar-refractivity contribution >= 4 is 6.03 Å². The van der Waals surface area contributed by atoms with Gasteiger partial charge in [-0.2, -0.15) is 0 Å². The first kappa shape index (κ1) is 13.2. The van der Waals surface area contributed by atoms with E-state index < -0.39 is 0 Å². The Balaban J connectivity index is 1.30. The first-order chi connectivity index (χ1) is 9.29. The number of carbonyl (C=O) groups excluding carboxylic acids is 1. The van der Waals surface area contributed by atoms with E-state index in [-0.39, 0.29) is 12.1 Å². The molecule has 2 heterocycles. The molecule has 0 aromatic heterocycles. The fourth-order valence-corrected chi connectivity index (χ4v) is 3.03. The summed E-state index contributed by atoms with van der Waals surface area (Å²) in [6, 6.07) is 0.289. The van der Waals surface area contributed by atoms with Gasteiger partial charge in [0.1, 0.15) is 0 Å². The van der Waals surface area contributed by atoms with Crippen LogP contribution in [0.15, 0.2) is 0 Å². The molecule has 2 saturated heterocycles. The first-order valence-corrected chi connectivity index (χ1v) is 7.68. The smallest absolute Gasteiger partial charge is 0.315 e. The molecular weight excluding hydrogens is 242 g/mol. The lowest BCUT2D eigenvalue weighted by molar-refractivity contribution is 0.111. The molecule has 1 aliphatic carbocycles. The van der Waals surface area contributed by atoms with Gasteiger partial charge in [0.15, 0.2) is 0 Å². The fraction of sp³-hybridized carbons (Fsp3) is 0.929. The van der Waals surface area contributed by atoms with Crippen LogP contribution in [-0.4, -0.2) is 55.9 Å². The molecule has 19 heavy (non-hydrogen) atoms. The number of carbonyl (C=O) groups is 1. The van der Waals surface area contributed by atoms with E-state index in [0.29, 0.717) is 12.6 Å². The molecule has 2 N–H and O–H groups in total. The SMILES string of the molecule is O=C(NC[C@H]1CCCO1)N[C@@H]1CCN(CC2CC2)C1. The number of amides is 2. The van der Waals surface area contributed by atoms with Gasteiger partial charge >= 0.3 is 6.03 Å². The molecule has 3 rings (SSSR count). The van der Waals surface area contributed by atoms with Crippen molar-refractivity contribution in [2.24, 2.45) is 5.92 Å². The predicted octanol–water partition coefficient (Wildman–Crippen LogP) is 0.949. The van der Waals surface area contributed by atoms with Crippen LogP contribution < -0.4 is 10.6 Å². The van der Waals surface area contributed by atoms with E-state index in [4.69, 9.17) is 4.74 Å². The number of ether oxygens (including phenoxy) is 1. The molecule has 108 valence electrons. The molecular formula is C14H25N3O2. The van der Waals surface area contributed by atoms with Gasteiger partial charge in [0.25, 0.3) is 0 Å². The molecule has 2 aliphatic heterocycles. The minimum absolute atomic E-state index is 0.0335. The van der Waals surface area contributed by atoms with Gasteiger partial charge in [-0.15, -0.1) is 0 Å². The zero-order valence-corrected chi connectivity index (χ0v) is 11.6. The summed E-state index contributed by atoms with van der Waals surface area (Å²) in [4.78, 5) is 14.3. The molecule has 0 aromatic rings. The van der Waals surface area contributed by atoms with Gasteiger partial charge < -0.3 is 20.3 Å². The largest absolute Gasteiger partial charge is 0.376 e. The van der Waals surface area contributed by atoms with Gasteiger partial charge in [0.05, 0.1) is 6.10 Å². The number of urea groups is 1. The highest BCUT2D eigenvalue weighted by atomic mass is 16.5. The maximum atomic E-state index is 11.8. The van der Waals surface area contributed by atoms with Gasteiger partial charge in [-0.25, -0.2) is 4.79 Å². The van der Waals surface area contributed by atoms with Gasteiger partial charge in [-0.1, -0.05) is 0 Å². The molecule has 0 unspecified atom stereocenters. The summed E-state index contributed by atoms with van der Waals surface area (Å²) in [6.45, 7) is 4.86. The monoisotopic (exact) mass is 267 g/mol. The maximum Gasteiger partial charge on any atom is 0.315 e. The Morgan fingerprint density at radius 3 is 2.89 bits per heavy atom. The van der Waals surface area contributed by atoms with E-state index in [1.165, 1.54) is 19.4 Å². The van der Waals surface area contributed by atoms with E-state index in [1.807, 2.05) is 0 Å². The number of hydrogen-bond acceptors (Lipinski definition) is 3. The Morgan fingerprint density at radius 1 is 1.26 bits per heavy atom. The van der Waals surface area contributed by atoms with Crippen LogP contribution in [0.3, 0.4) is 0 Å². The third-order valence-electron chi connectivity index (χ3n) is 4.34. The summed E-state index contributed by atoms with van der Waals surface area (Å²) >= 11 is 0. The Morgan fingerprint density at radius 2 is 2.16 bits per heavy atom. The molecule has 5 nitrogen and oxygen atoms in total. The topological polar surface area (TPSA) is 53.6 Å². The summed E-state index contributed by atoms with van der Waals surface area (Å²) in [6.07, 6.45) is 6.29. The van der Waals surface area contributed by atoms with Crippen LogP contribution in [0.2, 0.25) is 0 Å². The van der Waals surface area contributed by atoms with Crippen molar-refractivity contribution in [3.63, 3.8) is 0 Å². The number of hydrogen-bond donors (Lipinski definition) is 2. The number of rotatable bonds is 5. The second-order valence-electron chi connectivity index (χ2n) is 6.18. The summed E-state index contributed by atoms with van der Waals surface area (Å²) in [5, 5.41) is 6.01. The second-order valence-corrected chi connectivity index (χ2v) is 6.18. The summed E-state index contributed by atoms with van der Waals surface area (Å²) in [7, 11) is 0. The molecule has 3 fully saturated rings. The minimum atomic E-state index is -0.0335. The van der Waals surface area contributed by atoms with E-state index in [9.17, 15) is 4.79 Å².